The summed E-state index contributed by atoms with van der Waals surface area (Å²) in [5.41, 5.74) is 1.25. The molecule has 6 heteroatoms. The summed E-state index contributed by atoms with van der Waals surface area (Å²) in [5, 5.41) is 4.02. The molecule has 0 aliphatic heterocycles. The quantitative estimate of drug-likeness (QED) is 0.473. The predicted octanol–water partition coefficient (Wildman–Crippen LogP) is 6.70. The van der Waals surface area contributed by atoms with E-state index in [1.54, 1.807) is 0 Å². The topological polar surface area (TPSA) is 12.0 Å². The summed E-state index contributed by atoms with van der Waals surface area (Å²) in [5.74, 6) is 0. The van der Waals surface area contributed by atoms with Gasteiger partial charge in [0.2, 0.25) is 0 Å². The molecule has 94 valence electrons. The Bertz CT molecular complexity index is 554. The van der Waals surface area contributed by atoms with Crippen molar-refractivity contribution in [1.82, 2.24) is 0 Å². The van der Waals surface area contributed by atoms with Crippen LogP contribution in [0.4, 0.5) is 11.4 Å². The van der Waals surface area contributed by atoms with E-state index in [-0.39, 0.29) is 25.1 Å². The molecule has 0 unspecified atom stereocenters. The number of benzene rings is 2. The van der Waals surface area contributed by atoms with Crippen LogP contribution in [0.1, 0.15) is 0 Å². The predicted molar refractivity (Wildman–Crippen MR) is 81.2 cm³/mol. The van der Waals surface area contributed by atoms with Gasteiger partial charge in [0.25, 0.3) is 0 Å². The molecule has 0 bridgehead atoms. The van der Waals surface area contributed by atoms with Crippen LogP contribution in [0.15, 0.2) is 30.3 Å². The lowest BCUT2D eigenvalue weighted by Crippen LogP contribution is -1.94. The summed E-state index contributed by atoms with van der Waals surface area (Å²) in [4.78, 5) is 0. The fraction of sp³-hybridized carbons (Fsp3) is 0. The second-order valence-electron chi connectivity index (χ2n) is 3.44. The fourth-order valence-electron chi connectivity index (χ4n) is 1.38. The first kappa shape index (κ1) is 14.1. The van der Waals surface area contributed by atoms with E-state index in [2.05, 4.69) is 5.32 Å². The average molecular weight is 341 g/mol. The van der Waals surface area contributed by atoms with E-state index >= 15 is 0 Å². The third-order valence-electron chi connectivity index (χ3n) is 2.25. The van der Waals surface area contributed by atoms with Crippen LogP contribution < -0.4 is 5.32 Å². The van der Waals surface area contributed by atoms with Gasteiger partial charge in [-0.15, -0.1) is 0 Å². The van der Waals surface area contributed by atoms with Crippen molar-refractivity contribution in [3.8, 4) is 0 Å². The Morgan fingerprint density at radius 2 is 1.06 bits per heavy atom. The number of hydrogen-bond acceptors (Lipinski definition) is 1. The van der Waals surface area contributed by atoms with Crippen molar-refractivity contribution in [2.24, 2.45) is 0 Å². The molecule has 1 nitrogen and oxygen atoms in total. The number of nitrogens with one attached hydrogen (secondary N) is 1. The van der Waals surface area contributed by atoms with E-state index in [1.807, 2.05) is 30.3 Å². The lowest BCUT2D eigenvalue weighted by molar-refractivity contribution is 1.55. The zero-order chi connectivity index (χ0) is 13.3. The Kier molecular flexibility index (Phi) is 4.52. The maximum atomic E-state index is 6.10. The lowest BCUT2D eigenvalue weighted by Gasteiger charge is -2.14. The molecule has 0 amide bonds. The van der Waals surface area contributed by atoms with E-state index in [1.165, 1.54) is 0 Å². The molecule has 18 heavy (non-hydrogen) atoms. The molecule has 2 aromatic rings. The van der Waals surface area contributed by atoms with Gasteiger partial charge in [0.05, 0.1) is 30.8 Å². The molecule has 0 saturated carbocycles. The molecular formula is C12H6Cl5N. The van der Waals surface area contributed by atoms with Gasteiger partial charge in [-0.3, -0.25) is 0 Å². The molecule has 0 atom stereocenters. The summed E-state index contributed by atoms with van der Waals surface area (Å²) < 4.78 is 0. The van der Waals surface area contributed by atoms with Crippen molar-refractivity contribution >= 4 is 69.4 Å². The molecule has 0 heterocycles. The summed E-state index contributed by atoms with van der Waals surface area (Å²) in [6.45, 7) is 0. The highest BCUT2D eigenvalue weighted by atomic mass is 35.5. The second-order valence-corrected chi connectivity index (χ2v) is 5.33. The van der Waals surface area contributed by atoms with Gasteiger partial charge in [-0.1, -0.05) is 76.2 Å². The number of anilines is 2. The Morgan fingerprint density at radius 3 is 1.56 bits per heavy atom. The van der Waals surface area contributed by atoms with Crippen molar-refractivity contribution < 1.29 is 0 Å². The molecule has 0 aliphatic rings. The van der Waals surface area contributed by atoms with Crippen molar-refractivity contribution in [1.29, 1.82) is 0 Å². The highest BCUT2D eigenvalue weighted by Crippen LogP contribution is 2.47. The van der Waals surface area contributed by atoms with Crippen LogP contribution in [0.2, 0.25) is 25.1 Å². The first-order valence-corrected chi connectivity index (χ1v) is 6.75. The minimum atomic E-state index is 0.145. The molecule has 1 N–H and O–H groups in total. The average Bonchev–Trinajstić information content (AvgIpc) is 2.40. The Labute approximate surface area is 130 Å². The summed E-state index contributed by atoms with van der Waals surface area (Å²) in [7, 11) is 0. The third-order valence-corrected chi connectivity index (χ3v) is 4.53. The van der Waals surface area contributed by atoms with Gasteiger partial charge in [0.1, 0.15) is 0 Å². The van der Waals surface area contributed by atoms with Crippen LogP contribution >= 0.6 is 58.0 Å². The van der Waals surface area contributed by atoms with Crippen molar-refractivity contribution in [2.45, 2.75) is 0 Å². The maximum Gasteiger partial charge on any atom is 0.0858 e. The van der Waals surface area contributed by atoms with Crippen molar-refractivity contribution in [3.63, 3.8) is 0 Å². The molecule has 2 rings (SSSR count). The Balaban J connectivity index is 2.52. The van der Waals surface area contributed by atoms with Gasteiger partial charge in [-0.05, 0) is 12.1 Å². The van der Waals surface area contributed by atoms with Gasteiger partial charge in [-0.2, -0.15) is 0 Å². The molecule has 0 aromatic heterocycles. The zero-order valence-corrected chi connectivity index (χ0v) is 12.6. The lowest BCUT2D eigenvalue weighted by atomic mass is 10.2. The minimum Gasteiger partial charge on any atom is -0.353 e. The van der Waals surface area contributed by atoms with Crippen molar-refractivity contribution in [2.75, 3.05) is 5.32 Å². The molecular weight excluding hydrogens is 335 g/mol. The van der Waals surface area contributed by atoms with Crippen LogP contribution in [0, 0.1) is 0 Å². The fourth-order valence-corrected chi connectivity index (χ4v) is 2.61. The maximum absolute atomic E-state index is 6.10. The molecule has 2 aromatic carbocycles. The first-order valence-electron chi connectivity index (χ1n) is 4.86. The number of para-hydroxylation sites is 1. The minimum absolute atomic E-state index is 0.145. The standard InChI is InChI=1S/C12H6Cl5N/c13-7-8(14)10(16)12(11(17)9(7)15)18-6-4-2-1-3-5-6/h1-5,18H. The third kappa shape index (κ3) is 2.66. The normalized spacial score (nSPS) is 10.5. The SMILES string of the molecule is Clc1c(Cl)c(Cl)c(Nc2ccccc2)c(Cl)c1Cl. The number of rotatable bonds is 2. The molecule has 0 spiro atoms. The van der Waals surface area contributed by atoms with Gasteiger partial charge >= 0.3 is 0 Å². The van der Waals surface area contributed by atoms with Crippen LogP contribution in [-0.4, -0.2) is 0 Å². The highest BCUT2D eigenvalue weighted by molar-refractivity contribution is 6.56. The smallest absolute Gasteiger partial charge is 0.0858 e. The largest absolute Gasteiger partial charge is 0.353 e. The summed E-state index contributed by atoms with van der Waals surface area (Å²) >= 11 is 30.1. The van der Waals surface area contributed by atoms with E-state index in [0.29, 0.717) is 5.69 Å². The van der Waals surface area contributed by atoms with Crippen LogP contribution in [0.5, 0.6) is 0 Å². The van der Waals surface area contributed by atoms with Crippen LogP contribution in [0.25, 0.3) is 0 Å². The van der Waals surface area contributed by atoms with E-state index in [4.69, 9.17) is 58.0 Å². The Hall–Kier alpha value is -0.310. The Morgan fingerprint density at radius 1 is 0.611 bits per heavy atom. The zero-order valence-electron chi connectivity index (χ0n) is 8.78. The number of halogens is 5. The van der Waals surface area contributed by atoms with E-state index in [0.717, 1.165) is 5.69 Å². The molecule has 0 radical (unpaired) electrons. The second kappa shape index (κ2) is 5.77. The van der Waals surface area contributed by atoms with Crippen LogP contribution in [0.3, 0.4) is 0 Å². The summed E-state index contributed by atoms with van der Waals surface area (Å²) in [6.07, 6.45) is 0. The molecule has 0 fully saturated rings. The van der Waals surface area contributed by atoms with Crippen molar-refractivity contribution in [3.05, 3.63) is 55.4 Å². The monoisotopic (exact) mass is 339 g/mol. The number of hydrogen-bond donors (Lipinski definition) is 1. The van der Waals surface area contributed by atoms with E-state index in [9.17, 15) is 0 Å². The molecule has 0 aliphatic carbocycles. The van der Waals surface area contributed by atoms with Crippen LogP contribution in [-0.2, 0) is 0 Å². The van der Waals surface area contributed by atoms with E-state index < -0.39 is 0 Å². The summed E-state index contributed by atoms with van der Waals surface area (Å²) in [6, 6.07) is 9.38. The first-order chi connectivity index (χ1) is 8.52. The van der Waals surface area contributed by atoms with Gasteiger partial charge in [0.15, 0.2) is 0 Å². The molecule has 0 saturated heterocycles. The van der Waals surface area contributed by atoms with Gasteiger partial charge < -0.3 is 5.32 Å². The highest BCUT2D eigenvalue weighted by Gasteiger charge is 2.19. The van der Waals surface area contributed by atoms with Gasteiger partial charge in [-0.25, -0.2) is 0 Å². The van der Waals surface area contributed by atoms with Gasteiger partial charge in [0, 0.05) is 5.69 Å².